The number of hydrogen-bond acceptors (Lipinski definition) is 4. The van der Waals surface area contributed by atoms with Gasteiger partial charge in [0.05, 0.1) is 4.90 Å². The summed E-state index contributed by atoms with van der Waals surface area (Å²) in [7, 11) is -3.42. The Morgan fingerprint density at radius 1 is 1.24 bits per heavy atom. The summed E-state index contributed by atoms with van der Waals surface area (Å²) in [4.78, 5) is 0.427. The lowest BCUT2D eigenvalue weighted by atomic mass is 9.96. The number of nitrogen functional groups attached to an aromatic ring is 1. The van der Waals surface area contributed by atoms with E-state index in [2.05, 4.69) is 12.3 Å². The molecule has 1 heterocycles. The van der Waals surface area contributed by atoms with Crippen molar-refractivity contribution in [3.63, 3.8) is 0 Å². The summed E-state index contributed by atoms with van der Waals surface area (Å²) < 4.78 is 27.4. The molecule has 1 aliphatic heterocycles. The van der Waals surface area contributed by atoms with Gasteiger partial charge in [0.25, 0.3) is 0 Å². The molecule has 1 aliphatic rings. The molecule has 1 fully saturated rings. The normalized spacial score (nSPS) is 17.9. The zero-order chi connectivity index (χ0) is 15.6. The van der Waals surface area contributed by atoms with Gasteiger partial charge in [0, 0.05) is 18.8 Å². The van der Waals surface area contributed by atoms with E-state index in [1.54, 1.807) is 16.4 Å². The van der Waals surface area contributed by atoms with Crippen LogP contribution in [-0.4, -0.2) is 25.8 Å². The molecule has 0 amide bonds. The van der Waals surface area contributed by atoms with Crippen molar-refractivity contribution in [1.29, 1.82) is 0 Å². The maximum Gasteiger partial charge on any atom is 0.243 e. The van der Waals surface area contributed by atoms with Crippen molar-refractivity contribution in [3.05, 3.63) is 23.3 Å². The molecule has 0 atom stereocenters. The van der Waals surface area contributed by atoms with Crippen LogP contribution in [0.15, 0.2) is 17.0 Å². The van der Waals surface area contributed by atoms with Crippen LogP contribution in [-0.2, 0) is 10.0 Å². The maximum atomic E-state index is 12.9. The van der Waals surface area contributed by atoms with Gasteiger partial charge in [-0.3, -0.25) is 5.84 Å². The molecule has 118 valence electrons. The first-order valence-electron chi connectivity index (χ1n) is 7.48. The molecule has 0 unspecified atom stereocenters. The second-order valence-electron chi connectivity index (χ2n) is 5.84. The fourth-order valence-corrected chi connectivity index (χ4v) is 5.01. The van der Waals surface area contributed by atoms with Crippen molar-refractivity contribution >= 4 is 15.7 Å². The Kier molecular flexibility index (Phi) is 4.91. The van der Waals surface area contributed by atoms with E-state index < -0.39 is 10.0 Å². The molecule has 6 heteroatoms. The predicted molar refractivity (Wildman–Crippen MR) is 85.5 cm³/mol. The first-order valence-corrected chi connectivity index (χ1v) is 8.92. The molecule has 2 rings (SSSR count). The summed E-state index contributed by atoms with van der Waals surface area (Å²) in [6, 6.07) is 3.55. The lowest BCUT2D eigenvalue weighted by molar-refractivity contribution is 0.269. The van der Waals surface area contributed by atoms with Crippen LogP contribution in [0.1, 0.15) is 37.3 Å². The van der Waals surface area contributed by atoms with Crippen molar-refractivity contribution in [3.8, 4) is 0 Å². The maximum absolute atomic E-state index is 12.9. The molecular weight excluding hydrogens is 286 g/mol. The minimum Gasteiger partial charge on any atom is -0.324 e. The number of piperidine rings is 1. The third kappa shape index (κ3) is 3.22. The fourth-order valence-electron chi connectivity index (χ4n) is 3.13. The molecule has 1 saturated heterocycles. The number of aryl methyl sites for hydroxylation is 2. The quantitative estimate of drug-likeness (QED) is 0.661. The van der Waals surface area contributed by atoms with Gasteiger partial charge < -0.3 is 5.43 Å². The van der Waals surface area contributed by atoms with Crippen LogP contribution < -0.4 is 11.3 Å². The molecule has 1 aromatic rings. The highest BCUT2D eigenvalue weighted by Crippen LogP contribution is 2.30. The second kappa shape index (κ2) is 6.34. The van der Waals surface area contributed by atoms with Crippen LogP contribution in [0.2, 0.25) is 0 Å². The molecule has 1 aromatic carbocycles. The van der Waals surface area contributed by atoms with Gasteiger partial charge in [-0.2, -0.15) is 4.31 Å². The van der Waals surface area contributed by atoms with E-state index in [0.717, 1.165) is 36.1 Å². The summed E-state index contributed by atoms with van der Waals surface area (Å²) in [6.45, 7) is 7.05. The summed E-state index contributed by atoms with van der Waals surface area (Å²) in [6.07, 6.45) is 3.04. The largest absolute Gasteiger partial charge is 0.324 e. The second-order valence-corrected chi connectivity index (χ2v) is 7.71. The van der Waals surface area contributed by atoms with E-state index in [4.69, 9.17) is 5.84 Å². The van der Waals surface area contributed by atoms with Gasteiger partial charge in [-0.05, 0) is 55.9 Å². The van der Waals surface area contributed by atoms with E-state index in [-0.39, 0.29) is 0 Å². The van der Waals surface area contributed by atoms with Gasteiger partial charge in [0.1, 0.15) is 0 Å². The molecule has 0 radical (unpaired) electrons. The Hall–Kier alpha value is -1.11. The number of nitrogens with one attached hydrogen (secondary N) is 1. The average molecular weight is 311 g/mol. The third-order valence-corrected chi connectivity index (χ3v) is 6.58. The zero-order valence-electron chi connectivity index (χ0n) is 13.0. The van der Waals surface area contributed by atoms with Crippen LogP contribution in [0.4, 0.5) is 5.69 Å². The molecule has 3 N–H and O–H groups in total. The lowest BCUT2D eigenvalue weighted by Gasteiger charge is -2.31. The SMILES string of the molecule is CCC1CCN(S(=O)(=O)c2c(C)cc(NN)cc2C)CC1. The predicted octanol–water partition coefficient (Wildman–Crippen LogP) is 2.40. The molecule has 21 heavy (non-hydrogen) atoms. The number of hydrazine groups is 1. The highest BCUT2D eigenvalue weighted by atomic mass is 32.2. The summed E-state index contributed by atoms with van der Waals surface area (Å²) >= 11 is 0. The molecule has 0 saturated carbocycles. The number of nitrogens with zero attached hydrogens (tertiary/aromatic N) is 1. The van der Waals surface area contributed by atoms with E-state index in [1.165, 1.54) is 0 Å². The smallest absolute Gasteiger partial charge is 0.243 e. The average Bonchev–Trinajstić information content (AvgIpc) is 2.46. The molecule has 0 aliphatic carbocycles. The summed E-state index contributed by atoms with van der Waals surface area (Å²) in [5.74, 6) is 6.07. The van der Waals surface area contributed by atoms with Crippen LogP contribution >= 0.6 is 0 Å². The third-order valence-electron chi connectivity index (χ3n) is 4.38. The first-order chi connectivity index (χ1) is 9.90. The number of rotatable bonds is 4. The summed E-state index contributed by atoms with van der Waals surface area (Å²) in [5, 5.41) is 0. The van der Waals surface area contributed by atoms with Crippen molar-refractivity contribution in [1.82, 2.24) is 4.31 Å². The van der Waals surface area contributed by atoms with Crippen molar-refractivity contribution < 1.29 is 8.42 Å². The van der Waals surface area contributed by atoms with Gasteiger partial charge in [-0.1, -0.05) is 13.3 Å². The Balaban J connectivity index is 2.32. The molecule has 0 bridgehead atoms. The Labute approximate surface area is 127 Å². The number of hydrogen-bond donors (Lipinski definition) is 2. The number of benzene rings is 1. The minimum atomic E-state index is -3.42. The van der Waals surface area contributed by atoms with Crippen molar-refractivity contribution in [2.75, 3.05) is 18.5 Å². The van der Waals surface area contributed by atoms with Crippen molar-refractivity contribution in [2.45, 2.75) is 44.9 Å². The number of sulfonamides is 1. The molecule has 0 spiro atoms. The van der Waals surface area contributed by atoms with Gasteiger partial charge in [-0.25, -0.2) is 8.42 Å². The van der Waals surface area contributed by atoms with Gasteiger partial charge in [0.15, 0.2) is 0 Å². The Morgan fingerprint density at radius 2 is 1.76 bits per heavy atom. The first kappa shape index (κ1) is 16.3. The molecule has 0 aromatic heterocycles. The van der Waals surface area contributed by atoms with Crippen molar-refractivity contribution in [2.24, 2.45) is 11.8 Å². The zero-order valence-corrected chi connectivity index (χ0v) is 13.8. The molecule has 5 nitrogen and oxygen atoms in total. The van der Waals surface area contributed by atoms with Crippen LogP contribution in [0.25, 0.3) is 0 Å². The topological polar surface area (TPSA) is 75.4 Å². The number of nitrogens with two attached hydrogens (primary N) is 1. The van der Waals surface area contributed by atoms with E-state index in [9.17, 15) is 8.42 Å². The van der Waals surface area contributed by atoms with Gasteiger partial charge in [0.2, 0.25) is 10.0 Å². The standard InChI is InChI=1S/C15H25N3O2S/c1-4-13-5-7-18(8-6-13)21(19,20)15-11(2)9-14(17-16)10-12(15)3/h9-10,13,17H,4-8,16H2,1-3H3. The minimum absolute atomic E-state index is 0.427. The van der Waals surface area contributed by atoms with E-state index >= 15 is 0 Å². The van der Waals surface area contributed by atoms with Crippen LogP contribution in [0.3, 0.4) is 0 Å². The van der Waals surface area contributed by atoms with Crippen LogP contribution in [0, 0.1) is 19.8 Å². The Bertz CT molecular complexity index is 582. The van der Waals surface area contributed by atoms with Gasteiger partial charge >= 0.3 is 0 Å². The van der Waals surface area contributed by atoms with Crippen LogP contribution in [0.5, 0.6) is 0 Å². The van der Waals surface area contributed by atoms with Gasteiger partial charge in [-0.15, -0.1) is 0 Å². The molecular formula is C15H25N3O2S. The lowest BCUT2D eigenvalue weighted by Crippen LogP contribution is -2.38. The highest BCUT2D eigenvalue weighted by Gasteiger charge is 2.31. The van der Waals surface area contributed by atoms with E-state index in [1.807, 2.05) is 13.8 Å². The highest BCUT2D eigenvalue weighted by molar-refractivity contribution is 7.89. The fraction of sp³-hybridized carbons (Fsp3) is 0.600. The van der Waals surface area contributed by atoms with E-state index in [0.29, 0.717) is 23.9 Å². The number of anilines is 1. The Morgan fingerprint density at radius 3 is 2.19 bits per heavy atom. The summed E-state index contributed by atoms with van der Waals surface area (Å²) in [5.41, 5.74) is 4.78. The monoisotopic (exact) mass is 311 g/mol.